The molecule has 0 radical (unpaired) electrons. The first kappa shape index (κ1) is 23.5. The second-order valence-corrected chi connectivity index (χ2v) is 9.73. The largest absolute Gasteiger partial charge is 0.350 e. The summed E-state index contributed by atoms with van der Waals surface area (Å²) in [4.78, 5) is 14.8. The van der Waals surface area contributed by atoms with E-state index in [9.17, 15) is 13.2 Å². The third-order valence-corrected chi connectivity index (χ3v) is 6.74. The fourth-order valence-corrected chi connectivity index (χ4v) is 4.49. The molecule has 0 aromatic heterocycles. The maximum absolute atomic E-state index is 12.7. The number of carbonyl (C=O) groups excluding carboxylic acids is 1. The summed E-state index contributed by atoms with van der Waals surface area (Å²) in [5, 5.41) is 2.95. The maximum atomic E-state index is 12.7. The van der Waals surface area contributed by atoms with Crippen LogP contribution in [0.5, 0.6) is 0 Å². The molecule has 1 atom stereocenters. The monoisotopic (exact) mass is 451 g/mol. The fraction of sp³-hybridized carbons (Fsp3) is 0.240. The molecule has 32 heavy (non-hydrogen) atoms. The van der Waals surface area contributed by atoms with Crippen LogP contribution in [0.4, 0.5) is 5.69 Å². The third kappa shape index (κ3) is 5.75. The molecule has 0 saturated carbocycles. The normalized spacial score (nSPS) is 12.4. The second-order valence-electron chi connectivity index (χ2n) is 8.04. The zero-order valence-corrected chi connectivity index (χ0v) is 19.6. The zero-order valence-electron chi connectivity index (χ0n) is 18.8. The van der Waals surface area contributed by atoms with Crippen molar-refractivity contribution in [2.75, 3.05) is 25.4 Å². The van der Waals surface area contributed by atoms with Crippen molar-refractivity contribution in [1.29, 1.82) is 0 Å². The minimum Gasteiger partial charge on any atom is -0.350 e. The van der Waals surface area contributed by atoms with Crippen molar-refractivity contribution in [1.82, 2.24) is 10.2 Å². The molecule has 0 aliphatic heterocycles. The van der Waals surface area contributed by atoms with E-state index < -0.39 is 10.0 Å². The Hall–Kier alpha value is -3.16. The molecule has 3 aromatic carbocycles. The van der Waals surface area contributed by atoms with Gasteiger partial charge in [-0.05, 0) is 69.4 Å². The zero-order chi connectivity index (χ0) is 23.3. The standard InChI is InChI=1S/C25H29N3O3S/c1-18-9-11-20(12-10-18)24(28(3)4)17-26-25(29)21-13-15-22(16-14-21)32(30,31)27-23-8-6-5-7-19(23)2/h5-16,24,27H,17H2,1-4H3,(H,26,29). The number of aryl methyl sites for hydroxylation is 2. The van der Waals surface area contributed by atoms with E-state index in [-0.39, 0.29) is 16.8 Å². The van der Waals surface area contributed by atoms with Gasteiger partial charge >= 0.3 is 0 Å². The van der Waals surface area contributed by atoms with Crippen LogP contribution in [0.2, 0.25) is 0 Å². The minimum atomic E-state index is -3.74. The highest BCUT2D eigenvalue weighted by Crippen LogP contribution is 2.20. The van der Waals surface area contributed by atoms with E-state index in [0.717, 1.165) is 11.1 Å². The number of sulfonamides is 1. The summed E-state index contributed by atoms with van der Waals surface area (Å²) in [5.41, 5.74) is 4.06. The molecule has 0 heterocycles. The lowest BCUT2D eigenvalue weighted by atomic mass is 10.0. The average molecular weight is 452 g/mol. The fourth-order valence-electron chi connectivity index (χ4n) is 3.36. The van der Waals surface area contributed by atoms with Gasteiger partial charge in [0.25, 0.3) is 15.9 Å². The molecule has 0 spiro atoms. The van der Waals surface area contributed by atoms with Crippen LogP contribution in [0.15, 0.2) is 77.7 Å². The van der Waals surface area contributed by atoms with Crippen molar-refractivity contribution >= 4 is 21.6 Å². The molecule has 0 fully saturated rings. The summed E-state index contributed by atoms with van der Waals surface area (Å²) in [6.07, 6.45) is 0. The van der Waals surface area contributed by atoms with Gasteiger partial charge in [-0.25, -0.2) is 8.42 Å². The molecular weight excluding hydrogens is 422 g/mol. The van der Waals surface area contributed by atoms with Gasteiger partial charge in [-0.15, -0.1) is 0 Å². The third-order valence-electron chi connectivity index (χ3n) is 5.36. The van der Waals surface area contributed by atoms with E-state index in [4.69, 9.17) is 0 Å². The first-order valence-corrected chi connectivity index (χ1v) is 11.9. The van der Waals surface area contributed by atoms with Gasteiger partial charge in [0.2, 0.25) is 0 Å². The number of nitrogens with one attached hydrogen (secondary N) is 2. The lowest BCUT2D eigenvalue weighted by molar-refractivity contribution is 0.0942. The van der Waals surface area contributed by atoms with Gasteiger partial charge in [0.05, 0.1) is 16.6 Å². The topological polar surface area (TPSA) is 78.5 Å². The highest BCUT2D eigenvalue weighted by atomic mass is 32.2. The molecule has 6 nitrogen and oxygen atoms in total. The van der Waals surface area contributed by atoms with Crippen LogP contribution in [0.1, 0.15) is 33.1 Å². The van der Waals surface area contributed by atoms with Crippen LogP contribution in [-0.2, 0) is 10.0 Å². The molecule has 0 aliphatic carbocycles. The van der Waals surface area contributed by atoms with Crippen LogP contribution in [-0.4, -0.2) is 39.9 Å². The maximum Gasteiger partial charge on any atom is 0.261 e. The van der Waals surface area contributed by atoms with Gasteiger partial charge < -0.3 is 10.2 Å². The molecule has 0 aliphatic rings. The Morgan fingerprint density at radius 1 is 0.906 bits per heavy atom. The van der Waals surface area contributed by atoms with Crippen molar-refractivity contribution in [3.05, 3.63) is 95.1 Å². The number of rotatable bonds is 8. The number of amides is 1. The van der Waals surface area contributed by atoms with Gasteiger partial charge in [-0.2, -0.15) is 0 Å². The number of nitrogens with zero attached hydrogens (tertiary/aromatic N) is 1. The van der Waals surface area contributed by atoms with Crippen LogP contribution in [0.25, 0.3) is 0 Å². The number of hydrogen-bond donors (Lipinski definition) is 2. The average Bonchev–Trinajstić information content (AvgIpc) is 2.76. The predicted octanol–water partition coefficient (Wildman–Crippen LogP) is 4.14. The number of anilines is 1. The van der Waals surface area contributed by atoms with Crippen molar-refractivity contribution < 1.29 is 13.2 Å². The minimum absolute atomic E-state index is 0.0255. The Kier molecular flexibility index (Phi) is 7.33. The Morgan fingerprint density at radius 2 is 1.53 bits per heavy atom. The second kappa shape index (κ2) is 9.97. The molecule has 0 saturated heterocycles. The number of carbonyl (C=O) groups is 1. The quantitative estimate of drug-likeness (QED) is 0.540. The Labute approximate surface area is 190 Å². The van der Waals surface area contributed by atoms with Crippen LogP contribution < -0.4 is 10.0 Å². The summed E-state index contributed by atoms with van der Waals surface area (Å²) in [7, 11) is 0.197. The Morgan fingerprint density at radius 3 is 2.12 bits per heavy atom. The first-order chi connectivity index (χ1) is 15.2. The highest BCUT2D eigenvalue weighted by Gasteiger charge is 2.18. The molecule has 168 valence electrons. The van der Waals surface area contributed by atoms with Gasteiger partial charge in [-0.1, -0.05) is 48.0 Å². The summed E-state index contributed by atoms with van der Waals surface area (Å²) in [6, 6.07) is 21.4. The van der Waals surface area contributed by atoms with Crippen LogP contribution in [0, 0.1) is 13.8 Å². The molecule has 3 aromatic rings. The molecule has 7 heteroatoms. The molecule has 1 unspecified atom stereocenters. The van der Waals surface area contributed by atoms with Crippen LogP contribution in [0.3, 0.4) is 0 Å². The SMILES string of the molecule is Cc1ccc(C(CNC(=O)c2ccc(S(=O)(=O)Nc3ccccc3C)cc2)N(C)C)cc1. The summed E-state index contributed by atoms with van der Waals surface area (Å²) in [6.45, 7) is 4.31. The van der Waals surface area contributed by atoms with Gasteiger partial charge in [-0.3, -0.25) is 9.52 Å². The van der Waals surface area contributed by atoms with Gasteiger partial charge in [0, 0.05) is 12.1 Å². The smallest absolute Gasteiger partial charge is 0.261 e. The van der Waals surface area contributed by atoms with Crippen LogP contribution >= 0.6 is 0 Å². The van der Waals surface area contributed by atoms with E-state index >= 15 is 0 Å². The van der Waals surface area contributed by atoms with E-state index in [1.165, 1.54) is 29.8 Å². The van der Waals surface area contributed by atoms with Gasteiger partial charge in [0.15, 0.2) is 0 Å². The number of benzene rings is 3. The van der Waals surface area contributed by atoms with Crippen molar-refractivity contribution in [3.8, 4) is 0 Å². The Balaban J connectivity index is 1.68. The van der Waals surface area contributed by atoms with E-state index in [0.29, 0.717) is 17.8 Å². The molecular formula is C25H29N3O3S. The molecule has 0 bridgehead atoms. The Bertz CT molecular complexity index is 1170. The van der Waals surface area contributed by atoms with Crippen molar-refractivity contribution in [3.63, 3.8) is 0 Å². The van der Waals surface area contributed by atoms with E-state index in [1.807, 2.05) is 40.1 Å². The first-order valence-electron chi connectivity index (χ1n) is 10.4. The highest BCUT2D eigenvalue weighted by molar-refractivity contribution is 7.92. The van der Waals surface area contributed by atoms with Crippen molar-refractivity contribution in [2.45, 2.75) is 24.8 Å². The van der Waals surface area contributed by atoms with E-state index in [2.05, 4.69) is 39.2 Å². The number of hydrogen-bond acceptors (Lipinski definition) is 4. The van der Waals surface area contributed by atoms with Gasteiger partial charge in [0.1, 0.15) is 0 Å². The van der Waals surface area contributed by atoms with Crippen molar-refractivity contribution in [2.24, 2.45) is 0 Å². The van der Waals surface area contributed by atoms with E-state index in [1.54, 1.807) is 12.1 Å². The number of para-hydroxylation sites is 1. The summed E-state index contributed by atoms with van der Waals surface area (Å²) in [5.74, 6) is -0.250. The summed E-state index contributed by atoms with van der Waals surface area (Å²) >= 11 is 0. The molecule has 3 rings (SSSR count). The number of likely N-dealkylation sites (N-methyl/N-ethyl adjacent to an activating group) is 1. The molecule has 1 amide bonds. The lowest BCUT2D eigenvalue weighted by Crippen LogP contribution is -2.34. The summed E-state index contributed by atoms with van der Waals surface area (Å²) < 4.78 is 28.0. The molecule has 2 N–H and O–H groups in total. The predicted molar refractivity (Wildman–Crippen MR) is 128 cm³/mol. The lowest BCUT2D eigenvalue weighted by Gasteiger charge is -2.25.